The van der Waals surface area contributed by atoms with Crippen LogP contribution in [0.25, 0.3) is 0 Å². The highest BCUT2D eigenvalue weighted by Crippen LogP contribution is 3.06. The van der Waals surface area contributed by atoms with Crippen molar-refractivity contribution in [2.45, 2.75) is 36.5 Å². The number of halogens is 2. The number of ether oxygens (including phenoxy) is 2. The summed E-state index contributed by atoms with van der Waals surface area (Å²) in [5, 5.41) is -5.02. The molecule has 0 aliphatic heterocycles. The molecule has 12 heteroatoms. The highest BCUT2D eigenvalue weighted by atomic mass is 32.2. The first-order valence-electron chi connectivity index (χ1n) is 9.18. The zero-order chi connectivity index (χ0) is 20.7. The lowest BCUT2D eigenvalue weighted by Gasteiger charge is -2.60. The standard InChI is InChI=1S/C17H16F2N2O7S/c18-17(19,29(24,25)26)11(22)27-7-13-3-9-10-14(6-16(9,10)13)5-15(14,4-13)28-12(23)21-2-1-20-8-21/h1-2,8-10H,3-7H2,(H,24,25,26). The number of carbonyl (C=O) groups excluding carboxylic acids is 2. The van der Waals surface area contributed by atoms with Gasteiger partial charge in [0.05, 0.1) is 6.61 Å². The molecule has 9 nitrogen and oxygen atoms in total. The van der Waals surface area contributed by atoms with E-state index in [1.165, 1.54) is 23.3 Å². The van der Waals surface area contributed by atoms with Gasteiger partial charge in [0.2, 0.25) is 0 Å². The highest BCUT2D eigenvalue weighted by molar-refractivity contribution is 7.87. The van der Waals surface area contributed by atoms with Gasteiger partial charge in [-0.2, -0.15) is 17.2 Å². The molecule has 0 amide bonds. The van der Waals surface area contributed by atoms with Crippen LogP contribution in [0, 0.1) is 28.1 Å². The molecule has 2 bridgehead atoms. The third-order valence-corrected chi connectivity index (χ3v) is 9.17. The van der Waals surface area contributed by atoms with Crippen molar-refractivity contribution in [3.63, 3.8) is 0 Å². The van der Waals surface area contributed by atoms with Crippen molar-refractivity contribution in [3.05, 3.63) is 18.7 Å². The van der Waals surface area contributed by atoms with Crippen LogP contribution in [-0.2, 0) is 24.4 Å². The van der Waals surface area contributed by atoms with Gasteiger partial charge in [-0.15, -0.1) is 0 Å². The number of carbonyl (C=O) groups is 2. The van der Waals surface area contributed by atoms with E-state index in [1.807, 2.05) is 0 Å². The molecule has 0 radical (unpaired) electrons. The molecular formula is C17H16F2N2O7S. The van der Waals surface area contributed by atoms with Gasteiger partial charge in [0, 0.05) is 23.2 Å². The van der Waals surface area contributed by atoms with Crippen LogP contribution in [-0.4, -0.2) is 52.0 Å². The fourth-order valence-electron chi connectivity index (χ4n) is 7.33. The first-order valence-corrected chi connectivity index (χ1v) is 10.6. The van der Waals surface area contributed by atoms with Gasteiger partial charge in [-0.25, -0.2) is 19.1 Å². The summed E-state index contributed by atoms with van der Waals surface area (Å²) in [6.45, 7) is -0.385. The smallest absolute Gasteiger partial charge is 0.460 e. The summed E-state index contributed by atoms with van der Waals surface area (Å²) in [4.78, 5) is 27.9. The van der Waals surface area contributed by atoms with Crippen molar-refractivity contribution < 1.29 is 40.8 Å². The van der Waals surface area contributed by atoms with Crippen LogP contribution < -0.4 is 0 Å². The zero-order valence-corrected chi connectivity index (χ0v) is 15.7. The average molecular weight is 430 g/mol. The summed E-state index contributed by atoms with van der Waals surface area (Å²) in [6, 6.07) is 0. The molecule has 1 aromatic heterocycles. The maximum atomic E-state index is 13.5. The fraction of sp³-hybridized carbons (Fsp3) is 0.706. The van der Waals surface area contributed by atoms with Crippen molar-refractivity contribution in [1.29, 1.82) is 0 Å². The van der Waals surface area contributed by atoms with Crippen LogP contribution in [0.4, 0.5) is 13.6 Å². The molecule has 2 spiro atoms. The Labute approximate surface area is 163 Å². The summed E-state index contributed by atoms with van der Waals surface area (Å²) >= 11 is 0. The van der Waals surface area contributed by atoms with Crippen LogP contribution in [0.15, 0.2) is 18.7 Å². The average Bonchev–Trinajstić information content (AvgIpc) is 3.23. The van der Waals surface area contributed by atoms with Gasteiger partial charge in [0.15, 0.2) is 0 Å². The Morgan fingerprint density at radius 2 is 2.07 bits per heavy atom. The Morgan fingerprint density at radius 3 is 2.69 bits per heavy atom. The number of esters is 1. The number of aromatic nitrogens is 2. The molecule has 6 fully saturated rings. The summed E-state index contributed by atoms with van der Waals surface area (Å²) in [5.74, 6) is -1.57. The second-order valence-corrected chi connectivity index (χ2v) is 10.7. The number of rotatable bonds is 5. The quantitative estimate of drug-likeness (QED) is 0.550. The first-order chi connectivity index (χ1) is 13.4. The van der Waals surface area contributed by atoms with Crippen LogP contribution in [0.2, 0.25) is 0 Å². The molecule has 156 valence electrons. The van der Waals surface area contributed by atoms with Crippen LogP contribution >= 0.6 is 0 Å². The van der Waals surface area contributed by atoms with Gasteiger partial charge in [-0.1, -0.05) is 0 Å². The van der Waals surface area contributed by atoms with E-state index in [2.05, 4.69) is 4.98 Å². The molecule has 0 saturated heterocycles. The van der Waals surface area contributed by atoms with Crippen molar-refractivity contribution in [3.8, 4) is 0 Å². The van der Waals surface area contributed by atoms with E-state index in [4.69, 9.17) is 14.0 Å². The number of nitrogens with zero attached hydrogens (tertiary/aromatic N) is 2. The van der Waals surface area contributed by atoms with Crippen molar-refractivity contribution in [2.75, 3.05) is 6.61 Å². The Balaban J connectivity index is 1.22. The van der Waals surface area contributed by atoms with Gasteiger partial charge < -0.3 is 9.47 Å². The van der Waals surface area contributed by atoms with E-state index in [0.29, 0.717) is 31.1 Å². The van der Waals surface area contributed by atoms with Crippen LogP contribution in [0.3, 0.4) is 0 Å². The maximum absolute atomic E-state index is 13.5. The minimum Gasteiger partial charge on any atom is -0.460 e. The Bertz CT molecular complexity index is 1090. The molecule has 29 heavy (non-hydrogen) atoms. The normalized spacial score (nSPS) is 45.1. The van der Waals surface area contributed by atoms with E-state index in [-0.39, 0.29) is 17.4 Å². The number of alkyl halides is 2. The van der Waals surface area contributed by atoms with E-state index in [0.717, 1.165) is 6.42 Å². The minimum atomic E-state index is -5.91. The number of imidazole rings is 1. The minimum absolute atomic E-state index is 0.0731. The predicted octanol–water partition coefficient (Wildman–Crippen LogP) is 1.45. The summed E-state index contributed by atoms with van der Waals surface area (Å²) in [6.07, 6.45) is 6.21. The molecule has 1 N–H and O–H groups in total. The zero-order valence-electron chi connectivity index (χ0n) is 14.9. The number of hydrogen-bond acceptors (Lipinski definition) is 7. The monoisotopic (exact) mass is 430 g/mol. The Kier molecular flexibility index (Phi) is 2.74. The second-order valence-electron chi connectivity index (χ2n) is 9.20. The van der Waals surface area contributed by atoms with Gasteiger partial charge in [-0.05, 0) is 42.9 Å². The predicted molar refractivity (Wildman–Crippen MR) is 87.0 cm³/mol. The van der Waals surface area contributed by atoms with E-state index >= 15 is 0 Å². The Morgan fingerprint density at radius 1 is 1.31 bits per heavy atom. The van der Waals surface area contributed by atoms with Gasteiger partial charge in [0.1, 0.15) is 11.9 Å². The lowest BCUT2D eigenvalue weighted by Crippen LogP contribution is -2.60. The molecule has 6 atom stereocenters. The molecule has 6 aliphatic carbocycles. The summed E-state index contributed by atoms with van der Waals surface area (Å²) in [5.41, 5.74) is -1.48. The van der Waals surface area contributed by atoms with E-state index in [1.54, 1.807) is 0 Å². The van der Waals surface area contributed by atoms with Crippen LogP contribution in [0.5, 0.6) is 0 Å². The van der Waals surface area contributed by atoms with Crippen molar-refractivity contribution >= 4 is 22.2 Å². The highest BCUT2D eigenvalue weighted by Gasteiger charge is 3.05. The number of hydrogen-bond donors (Lipinski definition) is 1. The second kappa shape index (κ2) is 4.48. The van der Waals surface area contributed by atoms with Gasteiger partial charge >= 0.3 is 27.4 Å². The molecule has 0 aromatic carbocycles. The van der Waals surface area contributed by atoms with E-state index < -0.39 is 38.5 Å². The summed E-state index contributed by atoms with van der Waals surface area (Å²) < 4.78 is 68.9. The molecule has 1 aromatic rings. The van der Waals surface area contributed by atoms with E-state index in [9.17, 15) is 26.8 Å². The molecule has 6 unspecified atom stereocenters. The molecular weight excluding hydrogens is 414 g/mol. The SMILES string of the molecule is O=C(OC12CC3(COC(=O)C(F)(F)S(=O)(=O)O)CC4C5C1(C2)CC453)n1ccnc1. The third kappa shape index (κ3) is 1.68. The molecule has 6 saturated carbocycles. The lowest BCUT2D eigenvalue weighted by atomic mass is 9.46. The first kappa shape index (κ1) is 17.8. The van der Waals surface area contributed by atoms with Crippen molar-refractivity contribution in [1.82, 2.24) is 9.55 Å². The third-order valence-electron chi connectivity index (χ3n) is 8.36. The summed E-state index contributed by atoms with van der Waals surface area (Å²) in [7, 11) is -5.91. The maximum Gasteiger partial charge on any atom is 0.465 e. The molecule has 7 rings (SSSR count). The topological polar surface area (TPSA) is 125 Å². The van der Waals surface area contributed by atoms with Gasteiger partial charge in [-0.3, -0.25) is 4.55 Å². The lowest BCUT2D eigenvalue weighted by molar-refractivity contribution is -0.197. The van der Waals surface area contributed by atoms with Crippen molar-refractivity contribution in [2.24, 2.45) is 28.1 Å². The Hall–Kier alpha value is -2.08. The largest absolute Gasteiger partial charge is 0.465 e. The fourth-order valence-corrected chi connectivity index (χ4v) is 7.60. The molecule has 6 aliphatic rings. The van der Waals surface area contributed by atoms with Crippen LogP contribution in [0.1, 0.15) is 25.7 Å². The molecule has 1 heterocycles. The van der Waals surface area contributed by atoms with Gasteiger partial charge in [0.25, 0.3) is 0 Å².